The minimum Gasteiger partial charge on any atom is -0.317 e. The average molecular weight is 272 g/mol. The van der Waals surface area contributed by atoms with Crippen molar-refractivity contribution in [3.63, 3.8) is 0 Å². The lowest BCUT2D eigenvalue weighted by molar-refractivity contribution is 0.489. The van der Waals surface area contributed by atoms with Gasteiger partial charge in [0.2, 0.25) is 10.0 Å². The number of hydrogen-bond acceptors (Lipinski definition) is 3. The summed E-state index contributed by atoms with van der Waals surface area (Å²) in [5, 5.41) is 2.81. The number of nitrogens with one attached hydrogen (secondary N) is 2. The molecule has 1 aromatic rings. The predicted molar refractivity (Wildman–Crippen MR) is 68.1 cm³/mol. The van der Waals surface area contributed by atoms with Gasteiger partial charge in [0.05, 0.1) is 5.25 Å². The zero-order valence-electron chi connectivity index (χ0n) is 10.0. The summed E-state index contributed by atoms with van der Waals surface area (Å²) in [6.07, 6.45) is 1.28. The van der Waals surface area contributed by atoms with E-state index in [4.69, 9.17) is 0 Å². The van der Waals surface area contributed by atoms with Crippen LogP contribution in [0.15, 0.2) is 24.3 Å². The second-order valence-corrected chi connectivity index (χ2v) is 6.49. The van der Waals surface area contributed by atoms with Crippen LogP contribution in [0.5, 0.6) is 0 Å². The van der Waals surface area contributed by atoms with Crippen LogP contribution in [-0.4, -0.2) is 26.8 Å². The standard InChI is InChI=1S/C12H17FN2O2S/c13-11-3-1-10(2-4-11)9-15-18(16,17)12-5-7-14-8-6-12/h1-4,12,14-15H,5-9H2. The van der Waals surface area contributed by atoms with E-state index >= 15 is 0 Å². The molecule has 0 atom stereocenters. The fraction of sp³-hybridized carbons (Fsp3) is 0.500. The number of benzene rings is 1. The van der Waals surface area contributed by atoms with Crippen LogP contribution in [0.25, 0.3) is 0 Å². The van der Waals surface area contributed by atoms with E-state index in [0.29, 0.717) is 12.8 Å². The quantitative estimate of drug-likeness (QED) is 0.859. The molecular weight excluding hydrogens is 255 g/mol. The molecule has 1 saturated heterocycles. The third-order valence-corrected chi connectivity index (χ3v) is 5.01. The van der Waals surface area contributed by atoms with Gasteiger partial charge in [-0.2, -0.15) is 0 Å². The Balaban J connectivity index is 1.94. The molecule has 1 heterocycles. The van der Waals surface area contributed by atoms with E-state index in [1.807, 2.05) is 0 Å². The molecule has 1 aliphatic heterocycles. The van der Waals surface area contributed by atoms with E-state index in [0.717, 1.165) is 18.7 Å². The summed E-state index contributed by atoms with van der Waals surface area (Å²) in [6.45, 7) is 1.69. The summed E-state index contributed by atoms with van der Waals surface area (Å²) < 4.78 is 39.3. The Morgan fingerprint density at radius 2 is 1.83 bits per heavy atom. The molecule has 100 valence electrons. The van der Waals surface area contributed by atoms with Crippen LogP contribution in [0.4, 0.5) is 4.39 Å². The Kier molecular flexibility index (Phi) is 4.31. The van der Waals surface area contributed by atoms with Gasteiger partial charge < -0.3 is 5.32 Å². The normalized spacial score (nSPS) is 17.8. The van der Waals surface area contributed by atoms with Crippen LogP contribution in [0.3, 0.4) is 0 Å². The van der Waals surface area contributed by atoms with Gasteiger partial charge in [-0.3, -0.25) is 0 Å². The van der Waals surface area contributed by atoms with Crippen LogP contribution in [0.1, 0.15) is 18.4 Å². The van der Waals surface area contributed by atoms with E-state index in [1.54, 1.807) is 12.1 Å². The van der Waals surface area contributed by atoms with Crippen molar-refractivity contribution in [1.82, 2.24) is 10.0 Å². The van der Waals surface area contributed by atoms with Gasteiger partial charge in [-0.15, -0.1) is 0 Å². The number of hydrogen-bond donors (Lipinski definition) is 2. The first-order valence-corrected chi connectivity index (χ1v) is 7.56. The summed E-state index contributed by atoms with van der Waals surface area (Å²) in [4.78, 5) is 0. The molecule has 1 aromatic carbocycles. The molecule has 2 rings (SSSR count). The van der Waals surface area contributed by atoms with Crippen molar-refractivity contribution < 1.29 is 12.8 Å². The Morgan fingerprint density at radius 1 is 1.22 bits per heavy atom. The van der Waals surface area contributed by atoms with Gasteiger partial charge in [0.25, 0.3) is 0 Å². The fourth-order valence-corrected chi connectivity index (χ4v) is 3.47. The van der Waals surface area contributed by atoms with Crippen molar-refractivity contribution in [2.24, 2.45) is 0 Å². The van der Waals surface area contributed by atoms with Crippen molar-refractivity contribution in [2.75, 3.05) is 13.1 Å². The van der Waals surface area contributed by atoms with Crippen LogP contribution in [0, 0.1) is 5.82 Å². The maximum absolute atomic E-state index is 12.7. The molecule has 0 spiro atoms. The molecular formula is C12H17FN2O2S. The molecule has 18 heavy (non-hydrogen) atoms. The van der Waals surface area contributed by atoms with Gasteiger partial charge in [0.1, 0.15) is 5.82 Å². The Bertz CT molecular complexity index is 481. The molecule has 4 nitrogen and oxygen atoms in total. The van der Waals surface area contributed by atoms with E-state index in [2.05, 4.69) is 10.0 Å². The average Bonchev–Trinajstić information content (AvgIpc) is 2.39. The van der Waals surface area contributed by atoms with Gasteiger partial charge >= 0.3 is 0 Å². The summed E-state index contributed by atoms with van der Waals surface area (Å²) >= 11 is 0. The number of piperidine rings is 1. The number of rotatable bonds is 4. The van der Waals surface area contributed by atoms with E-state index in [9.17, 15) is 12.8 Å². The third kappa shape index (κ3) is 3.51. The first-order chi connectivity index (χ1) is 8.58. The van der Waals surface area contributed by atoms with Crippen molar-refractivity contribution in [3.05, 3.63) is 35.6 Å². The van der Waals surface area contributed by atoms with Gasteiger partial charge in [-0.1, -0.05) is 12.1 Å². The van der Waals surface area contributed by atoms with Crippen LogP contribution < -0.4 is 10.0 Å². The summed E-state index contributed by atoms with van der Waals surface area (Å²) in [6, 6.07) is 5.82. The monoisotopic (exact) mass is 272 g/mol. The molecule has 0 aliphatic carbocycles. The molecule has 1 fully saturated rings. The smallest absolute Gasteiger partial charge is 0.214 e. The van der Waals surface area contributed by atoms with Crippen LogP contribution >= 0.6 is 0 Å². The lowest BCUT2D eigenvalue weighted by atomic mass is 10.2. The minimum atomic E-state index is -3.28. The highest BCUT2D eigenvalue weighted by Crippen LogP contribution is 2.12. The molecule has 0 saturated carbocycles. The molecule has 0 aromatic heterocycles. The molecule has 6 heteroatoms. The maximum atomic E-state index is 12.7. The summed E-state index contributed by atoms with van der Waals surface area (Å²) in [5.74, 6) is -0.319. The minimum absolute atomic E-state index is 0.215. The van der Waals surface area contributed by atoms with Crippen molar-refractivity contribution >= 4 is 10.0 Å². The van der Waals surface area contributed by atoms with Gasteiger partial charge in [0, 0.05) is 6.54 Å². The zero-order valence-corrected chi connectivity index (χ0v) is 10.8. The Morgan fingerprint density at radius 3 is 2.44 bits per heavy atom. The van der Waals surface area contributed by atoms with Gasteiger partial charge in [0.15, 0.2) is 0 Å². The van der Waals surface area contributed by atoms with E-state index in [1.165, 1.54) is 12.1 Å². The maximum Gasteiger partial charge on any atom is 0.214 e. The third-order valence-electron chi connectivity index (χ3n) is 3.12. The predicted octanol–water partition coefficient (Wildman–Crippen LogP) is 0.997. The lowest BCUT2D eigenvalue weighted by Crippen LogP contribution is -2.41. The van der Waals surface area contributed by atoms with Gasteiger partial charge in [-0.05, 0) is 43.6 Å². The number of halogens is 1. The molecule has 2 N–H and O–H groups in total. The van der Waals surface area contributed by atoms with Crippen molar-refractivity contribution in [3.8, 4) is 0 Å². The topological polar surface area (TPSA) is 58.2 Å². The first-order valence-electron chi connectivity index (χ1n) is 6.01. The van der Waals surface area contributed by atoms with Crippen LogP contribution in [-0.2, 0) is 16.6 Å². The molecule has 0 radical (unpaired) electrons. The largest absolute Gasteiger partial charge is 0.317 e. The molecule has 0 unspecified atom stereocenters. The second kappa shape index (κ2) is 5.77. The van der Waals surface area contributed by atoms with Gasteiger partial charge in [-0.25, -0.2) is 17.5 Å². The molecule has 0 amide bonds. The van der Waals surface area contributed by atoms with Crippen molar-refractivity contribution in [1.29, 1.82) is 0 Å². The van der Waals surface area contributed by atoms with Crippen LogP contribution in [0.2, 0.25) is 0 Å². The number of sulfonamides is 1. The summed E-state index contributed by atoms with van der Waals surface area (Å²) in [7, 11) is -3.28. The first kappa shape index (κ1) is 13.5. The van der Waals surface area contributed by atoms with E-state index in [-0.39, 0.29) is 17.6 Å². The fourth-order valence-electron chi connectivity index (χ4n) is 2.01. The molecule has 1 aliphatic rings. The Hall–Kier alpha value is -0.980. The summed E-state index contributed by atoms with van der Waals surface area (Å²) in [5.41, 5.74) is 0.758. The second-order valence-electron chi connectivity index (χ2n) is 4.44. The highest BCUT2D eigenvalue weighted by atomic mass is 32.2. The van der Waals surface area contributed by atoms with E-state index < -0.39 is 10.0 Å². The van der Waals surface area contributed by atoms with Crippen molar-refractivity contribution in [2.45, 2.75) is 24.6 Å². The highest BCUT2D eigenvalue weighted by Gasteiger charge is 2.26. The SMILES string of the molecule is O=S(=O)(NCc1ccc(F)cc1)C1CCNCC1. The Labute approximate surface area is 107 Å². The zero-order chi connectivity index (χ0) is 13.0. The lowest BCUT2D eigenvalue weighted by Gasteiger charge is -2.22. The molecule has 0 bridgehead atoms. The highest BCUT2D eigenvalue weighted by molar-refractivity contribution is 7.90.